The topological polar surface area (TPSA) is 21.7 Å². The smallest absolute Gasteiger partial charge is 0.119 e. The Hall–Kier alpha value is -2.68. The van der Waals surface area contributed by atoms with Gasteiger partial charge in [0, 0.05) is 5.69 Å². The second-order valence-corrected chi connectivity index (χ2v) is 6.85. The van der Waals surface area contributed by atoms with Gasteiger partial charge in [-0.1, -0.05) is 25.5 Å². The molecule has 0 fully saturated rings. The molecule has 3 nitrogen and oxygen atoms in total. The Kier molecular flexibility index (Phi) is 5.90. The number of benzene rings is 2. The van der Waals surface area contributed by atoms with Crippen molar-refractivity contribution in [3.63, 3.8) is 0 Å². The Morgan fingerprint density at radius 3 is 2.00 bits per heavy atom. The number of ether oxygens (including phenoxy) is 2. The summed E-state index contributed by atoms with van der Waals surface area (Å²) in [4.78, 5) is 2.25. The predicted octanol–water partition coefficient (Wildman–Crippen LogP) is 5.87. The van der Waals surface area contributed by atoms with Crippen molar-refractivity contribution >= 4 is 11.3 Å². The molecule has 0 saturated heterocycles. The molecule has 1 heterocycles. The van der Waals surface area contributed by atoms with Gasteiger partial charge in [-0.25, -0.2) is 0 Å². The molecule has 1 radical (unpaired) electrons. The average Bonchev–Trinajstić information content (AvgIpc) is 2.71. The summed E-state index contributed by atoms with van der Waals surface area (Å²) in [5, 5.41) is 0. The first-order valence-electron chi connectivity index (χ1n) is 9.50. The van der Waals surface area contributed by atoms with E-state index in [2.05, 4.69) is 56.1 Å². The number of methoxy groups -OCH3 is 2. The van der Waals surface area contributed by atoms with Gasteiger partial charge in [0.05, 0.1) is 26.5 Å². The highest BCUT2D eigenvalue weighted by molar-refractivity contribution is 5.80. The summed E-state index contributed by atoms with van der Waals surface area (Å²) in [6.07, 6.45) is 5.77. The molecule has 0 aliphatic carbocycles. The normalized spacial score (nSPS) is 17.0. The molecule has 0 aromatic heterocycles. The SMILES string of the molecule is CCCC1=[C]N(c2ccc(OC)cc2)C(C)C(c2ccc(OC)cc2)=C1C. The maximum atomic E-state index is 5.33. The molecule has 0 N–H and O–H groups in total. The summed E-state index contributed by atoms with van der Waals surface area (Å²) in [5.41, 5.74) is 6.30. The van der Waals surface area contributed by atoms with E-state index < -0.39 is 0 Å². The largest absolute Gasteiger partial charge is 0.497 e. The highest BCUT2D eigenvalue weighted by Gasteiger charge is 2.27. The summed E-state index contributed by atoms with van der Waals surface area (Å²) in [5.74, 6) is 1.74. The standard InChI is InChI=1S/C24H28NO2/c1-6-7-20-16-25(21-10-14-23(27-5)15-11-21)18(3)24(17(20)2)19-8-12-22(26-4)13-9-19/h8-15,18H,6-7H2,1-5H3. The first kappa shape index (κ1) is 19.1. The van der Waals surface area contributed by atoms with Gasteiger partial charge in [-0.15, -0.1) is 0 Å². The molecule has 141 valence electrons. The van der Waals surface area contributed by atoms with E-state index in [0.717, 1.165) is 30.0 Å². The maximum absolute atomic E-state index is 5.33. The quantitative estimate of drug-likeness (QED) is 0.641. The van der Waals surface area contributed by atoms with Gasteiger partial charge in [0.1, 0.15) is 11.5 Å². The van der Waals surface area contributed by atoms with E-state index in [4.69, 9.17) is 9.47 Å². The van der Waals surface area contributed by atoms with E-state index in [1.165, 1.54) is 22.3 Å². The number of nitrogens with zero attached hydrogens (tertiary/aromatic N) is 1. The summed E-state index contributed by atoms with van der Waals surface area (Å²) in [6.45, 7) is 6.67. The second kappa shape index (κ2) is 8.34. The van der Waals surface area contributed by atoms with E-state index in [1.54, 1.807) is 14.2 Å². The minimum Gasteiger partial charge on any atom is -0.497 e. The van der Waals surface area contributed by atoms with Crippen molar-refractivity contribution in [2.24, 2.45) is 0 Å². The molecule has 0 saturated carbocycles. The summed E-state index contributed by atoms with van der Waals surface area (Å²) < 4.78 is 10.6. The van der Waals surface area contributed by atoms with Crippen LogP contribution in [0.2, 0.25) is 0 Å². The van der Waals surface area contributed by atoms with Crippen molar-refractivity contribution in [1.29, 1.82) is 0 Å². The lowest BCUT2D eigenvalue weighted by Crippen LogP contribution is -2.33. The van der Waals surface area contributed by atoms with Gasteiger partial charge in [0.25, 0.3) is 0 Å². The van der Waals surface area contributed by atoms with Gasteiger partial charge in [-0.2, -0.15) is 0 Å². The van der Waals surface area contributed by atoms with Crippen molar-refractivity contribution in [2.45, 2.75) is 39.7 Å². The summed E-state index contributed by atoms with van der Waals surface area (Å²) in [6, 6.07) is 16.7. The fraction of sp³-hybridized carbons (Fsp3) is 0.333. The first-order valence-corrected chi connectivity index (χ1v) is 9.50. The minimum atomic E-state index is 0.187. The van der Waals surface area contributed by atoms with Crippen molar-refractivity contribution in [3.8, 4) is 11.5 Å². The molecule has 27 heavy (non-hydrogen) atoms. The van der Waals surface area contributed by atoms with Crippen LogP contribution in [0.3, 0.4) is 0 Å². The molecule has 2 aromatic rings. The van der Waals surface area contributed by atoms with Crippen LogP contribution in [-0.4, -0.2) is 20.3 Å². The lowest BCUT2D eigenvalue weighted by Gasteiger charge is -2.36. The Bertz CT molecular complexity index is 832. The Labute approximate surface area is 162 Å². The summed E-state index contributed by atoms with van der Waals surface area (Å²) in [7, 11) is 3.39. The zero-order valence-electron chi connectivity index (χ0n) is 16.9. The van der Waals surface area contributed by atoms with Crippen LogP contribution >= 0.6 is 0 Å². The lowest BCUT2D eigenvalue weighted by molar-refractivity contribution is 0.414. The van der Waals surface area contributed by atoms with E-state index in [9.17, 15) is 0 Å². The molecule has 0 amide bonds. The Balaban J connectivity index is 2.04. The van der Waals surface area contributed by atoms with Crippen LogP contribution in [0.5, 0.6) is 11.5 Å². The van der Waals surface area contributed by atoms with E-state index >= 15 is 0 Å². The van der Waals surface area contributed by atoms with Gasteiger partial charge in [0.2, 0.25) is 0 Å². The zero-order chi connectivity index (χ0) is 19.4. The van der Waals surface area contributed by atoms with Crippen LogP contribution < -0.4 is 14.4 Å². The summed E-state index contributed by atoms with van der Waals surface area (Å²) >= 11 is 0. The van der Waals surface area contributed by atoms with Crippen LogP contribution in [0.25, 0.3) is 5.57 Å². The van der Waals surface area contributed by atoms with Gasteiger partial charge < -0.3 is 14.4 Å². The molecule has 0 bridgehead atoms. The number of hydrogen-bond acceptors (Lipinski definition) is 3. The highest BCUT2D eigenvalue weighted by Crippen LogP contribution is 2.38. The van der Waals surface area contributed by atoms with Crippen molar-refractivity contribution < 1.29 is 9.47 Å². The lowest BCUT2D eigenvalue weighted by atomic mass is 9.86. The fourth-order valence-corrected chi connectivity index (χ4v) is 3.68. The first-order chi connectivity index (χ1) is 13.1. The van der Waals surface area contributed by atoms with Gasteiger partial charge in [-0.05, 0) is 78.9 Å². The highest BCUT2D eigenvalue weighted by atomic mass is 16.5. The molecule has 1 unspecified atom stereocenters. The third-order valence-corrected chi connectivity index (χ3v) is 5.17. The van der Waals surface area contributed by atoms with Crippen LogP contribution in [-0.2, 0) is 0 Å². The van der Waals surface area contributed by atoms with E-state index in [-0.39, 0.29) is 6.04 Å². The number of anilines is 1. The van der Waals surface area contributed by atoms with E-state index in [0.29, 0.717) is 0 Å². The van der Waals surface area contributed by atoms with Gasteiger partial charge >= 0.3 is 0 Å². The molecule has 0 spiro atoms. The second-order valence-electron chi connectivity index (χ2n) is 6.85. The third kappa shape index (κ3) is 3.87. The third-order valence-electron chi connectivity index (χ3n) is 5.17. The molecular weight excluding hydrogens is 334 g/mol. The number of rotatable bonds is 6. The minimum absolute atomic E-state index is 0.187. The molecule has 1 aliphatic heterocycles. The van der Waals surface area contributed by atoms with Crippen LogP contribution in [0.1, 0.15) is 39.2 Å². The molecule has 1 aliphatic rings. The monoisotopic (exact) mass is 362 g/mol. The molecule has 3 rings (SSSR count). The Morgan fingerprint density at radius 1 is 0.926 bits per heavy atom. The molecular formula is C24H28NO2. The van der Waals surface area contributed by atoms with E-state index in [1.807, 2.05) is 24.3 Å². The van der Waals surface area contributed by atoms with Gasteiger partial charge in [0.15, 0.2) is 0 Å². The fourth-order valence-electron chi connectivity index (χ4n) is 3.68. The molecule has 2 aromatic carbocycles. The van der Waals surface area contributed by atoms with Crippen LogP contribution in [0, 0.1) is 6.20 Å². The molecule has 1 atom stereocenters. The number of allylic oxidation sites excluding steroid dienone is 2. The predicted molar refractivity (Wildman–Crippen MR) is 112 cm³/mol. The maximum Gasteiger partial charge on any atom is 0.119 e. The van der Waals surface area contributed by atoms with Crippen LogP contribution in [0.4, 0.5) is 5.69 Å². The Morgan fingerprint density at radius 2 is 1.48 bits per heavy atom. The van der Waals surface area contributed by atoms with Crippen LogP contribution in [0.15, 0.2) is 59.7 Å². The zero-order valence-corrected chi connectivity index (χ0v) is 16.9. The van der Waals surface area contributed by atoms with Crippen molar-refractivity contribution in [1.82, 2.24) is 0 Å². The van der Waals surface area contributed by atoms with Gasteiger partial charge in [-0.3, -0.25) is 0 Å². The van der Waals surface area contributed by atoms with Crippen molar-refractivity contribution in [3.05, 3.63) is 71.4 Å². The number of hydrogen-bond donors (Lipinski definition) is 0. The van der Waals surface area contributed by atoms with Crippen molar-refractivity contribution in [2.75, 3.05) is 19.1 Å². The molecule has 3 heteroatoms. The average molecular weight is 362 g/mol.